The quantitative estimate of drug-likeness (QED) is 0.309. The molecular weight excluding hydrogens is 679 g/mol. The monoisotopic (exact) mass is 709 g/mol. The van der Waals surface area contributed by atoms with Crippen molar-refractivity contribution in [3.63, 3.8) is 0 Å². The van der Waals surface area contributed by atoms with Crippen molar-refractivity contribution in [2.45, 2.75) is 50.2 Å². The van der Waals surface area contributed by atoms with Crippen LogP contribution in [-0.2, 0) is 34.1 Å². The Bertz CT molecular complexity index is 2150. The third-order valence-corrected chi connectivity index (χ3v) is 11.0. The van der Waals surface area contributed by atoms with Crippen molar-refractivity contribution >= 4 is 40.5 Å². The Morgan fingerprint density at radius 2 is 1.92 bits per heavy atom. The molecule has 8 rings (SSSR count). The number of benzene rings is 1. The maximum atomic E-state index is 14.5. The number of likely N-dealkylation sites (tertiary alicyclic amines) is 1. The lowest BCUT2D eigenvalue weighted by molar-refractivity contribution is -0.137. The first kappa shape index (κ1) is 32.4. The molecule has 2 amide bonds. The minimum absolute atomic E-state index is 0.0124. The van der Waals surface area contributed by atoms with Crippen molar-refractivity contribution in [3.8, 4) is 5.75 Å². The predicted molar refractivity (Wildman–Crippen MR) is 174 cm³/mol. The third kappa shape index (κ3) is 5.16. The number of hydrogen-bond acceptors (Lipinski definition) is 8. The Morgan fingerprint density at radius 1 is 1.14 bits per heavy atom. The van der Waals surface area contributed by atoms with Crippen LogP contribution in [0.5, 0.6) is 5.75 Å². The number of alkyl halides is 3. The maximum absolute atomic E-state index is 14.5. The second-order valence-corrected chi connectivity index (χ2v) is 13.7. The van der Waals surface area contributed by atoms with E-state index in [0.29, 0.717) is 62.6 Å². The zero-order chi connectivity index (χ0) is 34.9. The van der Waals surface area contributed by atoms with Gasteiger partial charge in [0.15, 0.2) is 11.5 Å². The van der Waals surface area contributed by atoms with E-state index in [1.165, 1.54) is 16.8 Å². The van der Waals surface area contributed by atoms with E-state index < -0.39 is 23.1 Å². The van der Waals surface area contributed by atoms with Crippen LogP contribution in [0.1, 0.15) is 58.8 Å². The molecule has 260 valence electrons. The fourth-order valence-electron chi connectivity index (χ4n) is 8.50. The molecule has 0 radical (unpaired) electrons. The molecule has 3 atom stereocenters. The van der Waals surface area contributed by atoms with E-state index in [0.717, 1.165) is 36.6 Å². The molecule has 1 saturated heterocycles. The molecule has 2 fully saturated rings. The van der Waals surface area contributed by atoms with Gasteiger partial charge in [-0.25, -0.2) is 4.98 Å². The standard InChI is InChI=1S/C34H31ClF3N7O5/c35-22-14-19(34(36,37)38)5-6-23(22)40-26(47)17-44-24-7-10-33(27(24)30(48)45-32(44)41-29(42-45)18-8-12-50-13-9-18)20-3-4-21(33)16-43(15-20)31(49)28-25(46)2-1-11-39-28/h1-2,5-6,8,11,14,20-21,46H,3-4,7,9-10,12-13,15-17H2,(H,40,47)/t20-,21+,33?. The van der Waals surface area contributed by atoms with Crippen LogP contribution < -0.4 is 10.9 Å². The van der Waals surface area contributed by atoms with E-state index in [1.807, 2.05) is 6.08 Å². The largest absolute Gasteiger partial charge is 0.505 e. The van der Waals surface area contributed by atoms with Gasteiger partial charge in [-0.15, -0.1) is 5.10 Å². The first-order valence-electron chi connectivity index (χ1n) is 16.4. The highest BCUT2D eigenvalue weighted by Crippen LogP contribution is 2.58. The second kappa shape index (κ2) is 11.9. The molecule has 1 saturated carbocycles. The summed E-state index contributed by atoms with van der Waals surface area (Å²) in [6.07, 6.45) is 1.91. The van der Waals surface area contributed by atoms with Crippen molar-refractivity contribution in [1.82, 2.24) is 29.0 Å². The Morgan fingerprint density at radius 3 is 2.60 bits per heavy atom. The number of piperidine rings is 1. The van der Waals surface area contributed by atoms with Crippen LogP contribution in [-0.4, -0.2) is 72.3 Å². The molecule has 1 aromatic carbocycles. The number of aromatic hydroxyl groups is 1. The number of ether oxygens (including phenoxy) is 1. The first-order chi connectivity index (χ1) is 24.0. The van der Waals surface area contributed by atoms with Crippen LogP contribution in [0, 0.1) is 11.8 Å². The molecule has 16 heteroatoms. The van der Waals surface area contributed by atoms with Crippen LogP contribution >= 0.6 is 11.6 Å². The lowest BCUT2D eigenvalue weighted by Gasteiger charge is -2.46. The summed E-state index contributed by atoms with van der Waals surface area (Å²) in [4.78, 5) is 52.2. The molecule has 12 nitrogen and oxygen atoms in total. The van der Waals surface area contributed by atoms with Gasteiger partial charge < -0.3 is 24.6 Å². The topological polar surface area (TPSA) is 144 Å². The van der Waals surface area contributed by atoms with Gasteiger partial charge >= 0.3 is 6.18 Å². The van der Waals surface area contributed by atoms with Crippen molar-refractivity contribution in [1.29, 1.82) is 0 Å². The van der Waals surface area contributed by atoms with Crippen molar-refractivity contribution in [2.24, 2.45) is 11.8 Å². The van der Waals surface area contributed by atoms with E-state index in [-0.39, 0.29) is 57.8 Å². The number of amides is 2. The van der Waals surface area contributed by atoms with Crippen LogP contribution in [0.15, 0.2) is 47.4 Å². The van der Waals surface area contributed by atoms with E-state index in [9.17, 15) is 32.7 Å². The molecule has 50 heavy (non-hydrogen) atoms. The van der Waals surface area contributed by atoms with Crippen molar-refractivity contribution < 1.29 is 32.6 Å². The van der Waals surface area contributed by atoms with Gasteiger partial charge in [-0.05, 0) is 79.8 Å². The molecule has 2 aliphatic heterocycles. The van der Waals surface area contributed by atoms with E-state index in [1.54, 1.807) is 15.5 Å². The SMILES string of the molecule is O=C(Cn1c2c(c(=O)n3nc(C4=CCOCC4)nc13)C1(CC2)[C@@H]2CC[C@H]1CN(C(=O)c1ncccc1O)C2)Nc1ccc(C(F)(F)F)cc1Cl. The fraction of sp³-hybridized carbons (Fsp3) is 0.412. The Hall–Kier alpha value is -4.76. The number of nitrogens with one attached hydrogen (secondary N) is 1. The molecule has 5 heterocycles. The number of hydrogen-bond donors (Lipinski definition) is 2. The summed E-state index contributed by atoms with van der Waals surface area (Å²) in [5.74, 6) is -0.763. The average molecular weight is 710 g/mol. The van der Waals surface area contributed by atoms with Crippen molar-refractivity contribution in [3.05, 3.63) is 86.3 Å². The zero-order valence-corrected chi connectivity index (χ0v) is 27.3. The number of nitrogens with zero attached hydrogens (tertiary/aromatic N) is 6. The molecule has 1 spiro atoms. The molecule has 3 aromatic heterocycles. The number of anilines is 1. The normalized spacial score (nSPS) is 23.0. The number of rotatable bonds is 5. The van der Waals surface area contributed by atoms with Gasteiger partial charge in [-0.3, -0.25) is 14.4 Å². The smallest absolute Gasteiger partial charge is 0.416 e. The summed E-state index contributed by atoms with van der Waals surface area (Å²) in [6, 6.07) is 5.67. The van der Waals surface area contributed by atoms with Gasteiger partial charge in [-0.2, -0.15) is 22.7 Å². The zero-order valence-electron chi connectivity index (χ0n) is 26.5. The average Bonchev–Trinajstić information content (AvgIpc) is 3.76. The predicted octanol–water partition coefficient (Wildman–Crippen LogP) is 4.47. The van der Waals surface area contributed by atoms with Crippen molar-refractivity contribution in [2.75, 3.05) is 31.6 Å². The van der Waals surface area contributed by atoms with E-state index in [4.69, 9.17) is 21.3 Å². The van der Waals surface area contributed by atoms with Crippen LogP contribution in [0.25, 0.3) is 11.4 Å². The molecule has 1 unspecified atom stereocenters. The van der Waals surface area contributed by atoms with Gasteiger partial charge in [0.25, 0.3) is 11.5 Å². The minimum atomic E-state index is -4.60. The number of carbonyl (C=O) groups is 2. The minimum Gasteiger partial charge on any atom is -0.505 e. The second-order valence-electron chi connectivity index (χ2n) is 13.2. The highest BCUT2D eigenvalue weighted by molar-refractivity contribution is 6.33. The molecule has 4 aliphatic rings. The summed E-state index contributed by atoms with van der Waals surface area (Å²) < 4.78 is 48.0. The van der Waals surface area contributed by atoms with E-state index >= 15 is 0 Å². The molecule has 2 aliphatic carbocycles. The number of fused-ring (bicyclic) bond motifs is 2. The van der Waals surface area contributed by atoms with Crippen LogP contribution in [0.2, 0.25) is 5.02 Å². The lowest BCUT2D eigenvalue weighted by atomic mass is 9.66. The Kier molecular flexibility index (Phi) is 7.75. The first-order valence-corrected chi connectivity index (χ1v) is 16.7. The highest BCUT2D eigenvalue weighted by Gasteiger charge is 2.60. The molecular formula is C34H31ClF3N7O5. The third-order valence-electron chi connectivity index (χ3n) is 10.7. The fourth-order valence-corrected chi connectivity index (χ4v) is 8.72. The van der Waals surface area contributed by atoms with Gasteiger partial charge in [0.1, 0.15) is 12.3 Å². The molecule has 4 aromatic rings. The van der Waals surface area contributed by atoms with E-state index in [2.05, 4.69) is 15.4 Å². The number of aromatic nitrogens is 5. The molecule has 2 bridgehead atoms. The summed E-state index contributed by atoms with van der Waals surface area (Å²) in [5, 5.41) is 17.3. The Balaban J connectivity index is 1.19. The van der Waals surface area contributed by atoms with Gasteiger partial charge in [0.05, 0.1) is 29.5 Å². The number of pyridine rings is 1. The van der Waals surface area contributed by atoms with Crippen LogP contribution in [0.3, 0.4) is 0 Å². The summed E-state index contributed by atoms with van der Waals surface area (Å²) >= 11 is 6.15. The molecule has 2 N–H and O–H groups in total. The maximum Gasteiger partial charge on any atom is 0.416 e. The number of halogens is 4. The van der Waals surface area contributed by atoms with Gasteiger partial charge in [-0.1, -0.05) is 17.7 Å². The number of carbonyl (C=O) groups excluding carboxylic acids is 2. The lowest BCUT2D eigenvalue weighted by Crippen LogP contribution is -2.54. The van der Waals surface area contributed by atoms with Crippen LogP contribution in [0.4, 0.5) is 18.9 Å². The summed E-state index contributed by atoms with van der Waals surface area (Å²) in [7, 11) is 0. The summed E-state index contributed by atoms with van der Waals surface area (Å²) in [6.45, 7) is 1.27. The highest BCUT2D eigenvalue weighted by atomic mass is 35.5. The summed E-state index contributed by atoms with van der Waals surface area (Å²) in [5.41, 5.74) is 0.171. The van der Waals surface area contributed by atoms with Gasteiger partial charge in [0.2, 0.25) is 11.7 Å². The van der Waals surface area contributed by atoms with Gasteiger partial charge in [0, 0.05) is 36.0 Å². The Labute approximate surface area is 287 Å².